The number of nitrogens with one attached hydrogen (secondary N) is 1. The molecule has 5 heteroatoms. The van der Waals surface area contributed by atoms with Gasteiger partial charge in [-0.05, 0) is 30.2 Å². The van der Waals surface area contributed by atoms with Crippen LogP contribution in [0.5, 0.6) is 0 Å². The summed E-state index contributed by atoms with van der Waals surface area (Å²) < 4.78 is 4.40. The molecule has 0 fully saturated rings. The van der Waals surface area contributed by atoms with Crippen LogP contribution in [0.3, 0.4) is 0 Å². The van der Waals surface area contributed by atoms with Crippen molar-refractivity contribution in [3.8, 4) is 0 Å². The minimum atomic E-state index is -0.491. The molecule has 0 saturated heterocycles. The minimum absolute atomic E-state index is 0.145. The Morgan fingerprint density at radius 1 is 1.44 bits per heavy atom. The number of benzene rings is 1. The first-order chi connectivity index (χ1) is 8.52. The first kappa shape index (κ1) is 14.3. The van der Waals surface area contributed by atoms with Crippen molar-refractivity contribution in [1.29, 1.82) is 0 Å². The second-order valence-electron chi connectivity index (χ2n) is 3.64. The average Bonchev–Trinajstić information content (AvgIpc) is 2.37. The molecule has 96 valence electrons. The first-order valence-corrected chi connectivity index (χ1v) is 5.69. The van der Waals surface area contributed by atoms with E-state index in [1.54, 1.807) is 12.1 Å². The van der Waals surface area contributed by atoms with Crippen LogP contribution in [0, 0.1) is 6.92 Å². The second kappa shape index (κ2) is 6.81. The molecule has 0 unspecified atom stereocenters. The number of methoxy groups -OCH3 is 1. The lowest BCUT2D eigenvalue weighted by molar-refractivity contribution is -0.140. The van der Waals surface area contributed by atoms with Gasteiger partial charge < -0.3 is 10.1 Å². The summed E-state index contributed by atoms with van der Waals surface area (Å²) in [4.78, 5) is 22.1. The van der Waals surface area contributed by atoms with Crippen molar-refractivity contribution in [1.82, 2.24) is 5.32 Å². The number of carbonyl (C=O) groups is 2. The van der Waals surface area contributed by atoms with E-state index in [1.165, 1.54) is 13.2 Å². The minimum Gasteiger partial charge on any atom is -0.468 e. The van der Waals surface area contributed by atoms with E-state index < -0.39 is 5.97 Å². The van der Waals surface area contributed by atoms with Crippen LogP contribution >= 0.6 is 11.6 Å². The summed E-state index contributed by atoms with van der Waals surface area (Å²) in [6.07, 6.45) is 2.96. The number of hydrogen-bond donors (Lipinski definition) is 1. The maximum absolute atomic E-state index is 11.3. The van der Waals surface area contributed by atoms with Gasteiger partial charge in [0.1, 0.15) is 6.54 Å². The number of hydrogen-bond acceptors (Lipinski definition) is 3. The van der Waals surface area contributed by atoms with Gasteiger partial charge in [0.25, 0.3) is 0 Å². The highest BCUT2D eigenvalue weighted by Gasteiger charge is 2.01. The molecule has 0 atom stereocenters. The Labute approximate surface area is 111 Å². The van der Waals surface area contributed by atoms with Crippen molar-refractivity contribution in [2.45, 2.75) is 6.92 Å². The first-order valence-electron chi connectivity index (χ1n) is 5.32. The second-order valence-corrected chi connectivity index (χ2v) is 4.04. The zero-order valence-electron chi connectivity index (χ0n) is 10.2. The zero-order valence-corrected chi connectivity index (χ0v) is 11.0. The molecule has 0 bridgehead atoms. The maximum Gasteiger partial charge on any atom is 0.325 e. The highest BCUT2D eigenvalue weighted by atomic mass is 35.5. The number of rotatable bonds is 4. The lowest BCUT2D eigenvalue weighted by Crippen LogP contribution is -2.28. The van der Waals surface area contributed by atoms with Crippen LogP contribution < -0.4 is 5.32 Å². The highest BCUT2D eigenvalue weighted by molar-refractivity contribution is 6.31. The Morgan fingerprint density at radius 3 is 2.78 bits per heavy atom. The Hall–Kier alpha value is -1.81. The van der Waals surface area contributed by atoms with Gasteiger partial charge in [0.05, 0.1) is 7.11 Å². The summed E-state index contributed by atoms with van der Waals surface area (Å²) in [5, 5.41) is 3.04. The molecule has 18 heavy (non-hydrogen) atoms. The van der Waals surface area contributed by atoms with E-state index >= 15 is 0 Å². The molecule has 1 rings (SSSR count). The average molecular weight is 268 g/mol. The highest BCUT2D eigenvalue weighted by Crippen LogP contribution is 2.17. The Morgan fingerprint density at radius 2 is 2.17 bits per heavy atom. The molecule has 0 heterocycles. The Balaban J connectivity index is 2.55. The van der Waals surface area contributed by atoms with Gasteiger partial charge in [-0.1, -0.05) is 23.7 Å². The predicted octanol–water partition coefficient (Wildman–Crippen LogP) is 1.95. The fraction of sp³-hybridized carbons (Fsp3) is 0.231. The van der Waals surface area contributed by atoms with E-state index in [9.17, 15) is 9.59 Å². The van der Waals surface area contributed by atoms with E-state index in [0.29, 0.717) is 5.02 Å². The fourth-order valence-electron chi connectivity index (χ4n) is 1.18. The topological polar surface area (TPSA) is 55.4 Å². The van der Waals surface area contributed by atoms with Crippen molar-refractivity contribution >= 4 is 29.6 Å². The SMILES string of the molecule is COC(=O)CNC(=O)/C=C/c1ccc(C)c(Cl)c1. The standard InChI is InChI=1S/C13H14ClNO3/c1-9-3-4-10(7-11(9)14)5-6-12(16)15-8-13(17)18-2/h3-7H,8H2,1-2H3,(H,15,16)/b6-5+. The smallest absolute Gasteiger partial charge is 0.325 e. The van der Waals surface area contributed by atoms with Gasteiger partial charge in [0, 0.05) is 11.1 Å². The van der Waals surface area contributed by atoms with Crippen molar-refractivity contribution in [2.24, 2.45) is 0 Å². The Bertz CT molecular complexity index is 483. The predicted molar refractivity (Wildman–Crippen MR) is 70.2 cm³/mol. The van der Waals surface area contributed by atoms with Crippen molar-refractivity contribution < 1.29 is 14.3 Å². The van der Waals surface area contributed by atoms with E-state index in [2.05, 4.69) is 10.1 Å². The molecule has 0 aliphatic rings. The van der Waals surface area contributed by atoms with Gasteiger partial charge >= 0.3 is 5.97 Å². The number of amides is 1. The molecular formula is C13H14ClNO3. The molecule has 1 amide bonds. The molecule has 0 aromatic heterocycles. The number of carbonyl (C=O) groups excluding carboxylic acids is 2. The third-order valence-electron chi connectivity index (χ3n) is 2.26. The van der Waals surface area contributed by atoms with Crippen LogP contribution in [0.25, 0.3) is 6.08 Å². The molecule has 4 nitrogen and oxygen atoms in total. The van der Waals surface area contributed by atoms with E-state index in [4.69, 9.17) is 11.6 Å². The van der Waals surface area contributed by atoms with E-state index in [0.717, 1.165) is 11.1 Å². The summed E-state index contributed by atoms with van der Waals surface area (Å²) in [5.41, 5.74) is 1.79. The number of ether oxygens (including phenoxy) is 1. The van der Waals surface area contributed by atoms with Crippen molar-refractivity contribution in [2.75, 3.05) is 13.7 Å². The third kappa shape index (κ3) is 4.59. The van der Waals surface area contributed by atoms with Crippen LogP contribution in [0.15, 0.2) is 24.3 Å². The molecule has 0 aliphatic carbocycles. The molecule has 0 saturated carbocycles. The quantitative estimate of drug-likeness (QED) is 0.670. The van der Waals surface area contributed by atoms with Crippen LogP contribution in [0.1, 0.15) is 11.1 Å². The van der Waals surface area contributed by atoms with Crippen molar-refractivity contribution in [3.63, 3.8) is 0 Å². The maximum atomic E-state index is 11.3. The Kier molecular flexibility index (Phi) is 5.39. The van der Waals surface area contributed by atoms with Crippen molar-refractivity contribution in [3.05, 3.63) is 40.4 Å². The number of aryl methyl sites for hydroxylation is 1. The molecule has 1 aromatic carbocycles. The van der Waals surface area contributed by atoms with Crippen LogP contribution in [-0.2, 0) is 14.3 Å². The number of esters is 1. The van der Waals surface area contributed by atoms with Crippen LogP contribution in [-0.4, -0.2) is 25.5 Å². The van der Waals surface area contributed by atoms with E-state index in [1.807, 2.05) is 19.1 Å². The van der Waals surface area contributed by atoms with Gasteiger partial charge in [-0.2, -0.15) is 0 Å². The monoisotopic (exact) mass is 267 g/mol. The summed E-state index contributed by atoms with van der Waals surface area (Å²) in [6.45, 7) is 1.76. The fourth-order valence-corrected chi connectivity index (χ4v) is 1.36. The van der Waals surface area contributed by atoms with Gasteiger partial charge in [-0.3, -0.25) is 9.59 Å². The lowest BCUT2D eigenvalue weighted by atomic mass is 10.1. The summed E-state index contributed by atoms with van der Waals surface area (Å²) in [6, 6.07) is 5.49. The van der Waals surface area contributed by atoms with E-state index in [-0.39, 0.29) is 12.5 Å². The van der Waals surface area contributed by atoms with Gasteiger partial charge in [0.2, 0.25) is 5.91 Å². The lowest BCUT2D eigenvalue weighted by Gasteiger charge is -2.00. The normalized spacial score (nSPS) is 10.4. The summed E-state index contributed by atoms with van der Waals surface area (Å²) >= 11 is 5.96. The number of halogens is 1. The summed E-state index contributed by atoms with van der Waals surface area (Å²) in [5.74, 6) is -0.854. The largest absolute Gasteiger partial charge is 0.468 e. The van der Waals surface area contributed by atoms with Crippen LogP contribution in [0.4, 0.5) is 0 Å². The summed E-state index contributed by atoms with van der Waals surface area (Å²) in [7, 11) is 1.26. The molecular weight excluding hydrogens is 254 g/mol. The van der Waals surface area contributed by atoms with Gasteiger partial charge in [0.15, 0.2) is 0 Å². The molecule has 0 aliphatic heterocycles. The molecule has 1 N–H and O–H groups in total. The van der Waals surface area contributed by atoms with Gasteiger partial charge in [-0.15, -0.1) is 0 Å². The third-order valence-corrected chi connectivity index (χ3v) is 2.66. The molecule has 0 spiro atoms. The molecule has 0 radical (unpaired) electrons. The van der Waals surface area contributed by atoms with Gasteiger partial charge in [-0.25, -0.2) is 0 Å². The zero-order chi connectivity index (χ0) is 13.5. The van der Waals surface area contributed by atoms with Crippen LogP contribution in [0.2, 0.25) is 5.02 Å². The molecule has 1 aromatic rings.